The minimum Gasteiger partial charge on any atom is -0.467 e. The van der Waals surface area contributed by atoms with Crippen LogP contribution in [-0.2, 0) is 22.3 Å². The summed E-state index contributed by atoms with van der Waals surface area (Å²) in [5.41, 5.74) is -0.278. The summed E-state index contributed by atoms with van der Waals surface area (Å²) >= 11 is 0. The Hall–Kier alpha value is -4.00. The van der Waals surface area contributed by atoms with Crippen LogP contribution in [0.5, 0.6) is 0 Å². The van der Waals surface area contributed by atoms with Gasteiger partial charge >= 0.3 is 12.1 Å². The second-order valence-electron chi connectivity index (χ2n) is 6.88. The van der Waals surface area contributed by atoms with Crippen LogP contribution in [0.3, 0.4) is 0 Å². The average molecular weight is 445 g/mol. The molecular formula is C22H18F3N3O4. The van der Waals surface area contributed by atoms with Gasteiger partial charge in [-0.15, -0.1) is 0 Å². The third kappa shape index (κ3) is 4.67. The molecule has 166 valence electrons. The number of nitrogens with zero attached hydrogens (tertiary/aromatic N) is 2. The fraction of sp³-hybridized carbons (Fsp3) is 0.227. The Morgan fingerprint density at radius 2 is 1.91 bits per heavy atom. The molecule has 0 radical (unpaired) electrons. The van der Waals surface area contributed by atoms with Gasteiger partial charge in [0.05, 0.1) is 29.5 Å². The van der Waals surface area contributed by atoms with Gasteiger partial charge in [0.15, 0.2) is 6.61 Å². The molecule has 0 bridgehead atoms. The second-order valence-corrected chi connectivity index (χ2v) is 6.88. The van der Waals surface area contributed by atoms with Crippen LogP contribution in [0, 0.1) is 25.2 Å². The maximum Gasteiger partial charge on any atom is 0.417 e. The number of hydrogen-bond donors (Lipinski definition) is 1. The van der Waals surface area contributed by atoms with Gasteiger partial charge in [0.2, 0.25) is 0 Å². The zero-order chi connectivity index (χ0) is 23.5. The maximum absolute atomic E-state index is 13.1. The number of halogens is 3. The van der Waals surface area contributed by atoms with E-state index in [1.165, 1.54) is 12.3 Å². The van der Waals surface area contributed by atoms with Gasteiger partial charge in [0.25, 0.3) is 5.91 Å². The SMILES string of the molecule is Cc1c(C#N)c(NC(=O)COC(=O)c2ccccc2C(F)(F)F)n(Cc2ccco2)c1C. The normalized spacial score (nSPS) is 11.1. The molecule has 0 atom stereocenters. The number of esters is 1. The first-order valence-electron chi connectivity index (χ1n) is 9.38. The van der Waals surface area contributed by atoms with Crippen molar-refractivity contribution in [3.8, 4) is 6.07 Å². The minimum absolute atomic E-state index is 0.177. The summed E-state index contributed by atoms with van der Waals surface area (Å²) in [6.07, 6.45) is -3.26. The molecular weight excluding hydrogens is 427 g/mol. The molecule has 0 saturated heterocycles. The number of rotatable bonds is 6. The molecule has 10 heteroatoms. The summed E-state index contributed by atoms with van der Waals surface area (Å²) in [6, 6.07) is 9.58. The zero-order valence-electron chi connectivity index (χ0n) is 17.1. The van der Waals surface area contributed by atoms with Crippen molar-refractivity contribution in [1.29, 1.82) is 5.26 Å². The van der Waals surface area contributed by atoms with Crippen LogP contribution in [0.4, 0.5) is 19.0 Å². The molecule has 0 aliphatic heterocycles. The lowest BCUT2D eigenvalue weighted by Crippen LogP contribution is -2.24. The van der Waals surface area contributed by atoms with Crippen LogP contribution >= 0.6 is 0 Å². The van der Waals surface area contributed by atoms with Crippen LogP contribution in [0.25, 0.3) is 0 Å². The molecule has 1 amide bonds. The number of benzene rings is 1. The van der Waals surface area contributed by atoms with Gasteiger partial charge in [-0.25, -0.2) is 4.79 Å². The summed E-state index contributed by atoms with van der Waals surface area (Å²) < 4.78 is 51.0. The molecule has 0 saturated carbocycles. The van der Waals surface area contributed by atoms with Crippen molar-refractivity contribution in [2.75, 3.05) is 11.9 Å². The highest BCUT2D eigenvalue weighted by Gasteiger charge is 2.35. The largest absolute Gasteiger partial charge is 0.467 e. The molecule has 32 heavy (non-hydrogen) atoms. The molecule has 0 spiro atoms. The van der Waals surface area contributed by atoms with Gasteiger partial charge in [-0.1, -0.05) is 12.1 Å². The van der Waals surface area contributed by atoms with Crippen LogP contribution in [0.15, 0.2) is 47.1 Å². The molecule has 1 N–H and O–H groups in total. The average Bonchev–Trinajstić information content (AvgIpc) is 3.34. The van der Waals surface area contributed by atoms with Crippen LogP contribution < -0.4 is 5.32 Å². The van der Waals surface area contributed by atoms with Crippen molar-refractivity contribution >= 4 is 17.7 Å². The highest BCUT2D eigenvalue weighted by atomic mass is 19.4. The van der Waals surface area contributed by atoms with Crippen molar-refractivity contribution in [3.63, 3.8) is 0 Å². The van der Waals surface area contributed by atoms with E-state index in [9.17, 15) is 28.0 Å². The molecule has 0 unspecified atom stereocenters. The van der Waals surface area contributed by atoms with E-state index in [0.29, 0.717) is 17.0 Å². The van der Waals surface area contributed by atoms with Crippen LogP contribution in [0.2, 0.25) is 0 Å². The lowest BCUT2D eigenvalue weighted by molar-refractivity contribution is -0.138. The number of amides is 1. The van der Waals surface area contributed by atoms with E-state index >= 15 is 0 Å². The van der Waals surface area contributed by atoms with Crippen LogP contribution in [-0.4, -0.2) is 23.1 Å². The smallest absolute Gasteiger partial charge is 0.417 e. The predicted octanol–water partition coefficient (Wildman–Crippen LogP) is 4.43. The van der Waals surface area contributed by atoms with Crippen molar-refractivity contribution in [1.82, 2.24) is 4.57 Å². The van der Waals surface area contributed by atoms with Crippen molar-refractivity contribution < 1.29 is 31.9 Å². The summed E-state index contributed by atoms with van der Waals surface area (Å²) in [5, 5.41) is 12.0. The molecule has 7 nitrogen and oxygen atoms in total. The Morgan fingerprint density at radius 1 is 1.19 bits per heavy atom. The summed E-state index contributed by atoms with van der Waals surface area (Å²) in [6.45, 7) is 2.88. The molecule has 3 rings (SSSR count). The molecule has 0 fully saturated rings. The number of carbonyl (C=O) groups is 2. The number of hydrogen-bond acceptors (Lipinski definition) is 5. The Labute approximate surface area is 181 Å². The first kappa shape index (κ1) is 22.7. The van der Waals surface area contributed by atoms with E-state index in [1.807, 2.05) is 6.07 Å². The summed E-state index contributed by atoms with van der Waals surface area (Å²) in [5.74, 6) is -1.33. The summed E-state index contributed by atoms with van der Waals surface area (Å²) in [7, 11) is 0. The topological polar surface area (TPSA) is 97.3 Å². The minimum atomic E-state index is -4.75. The number of carbonyl (C=O) groups excluding carboxylic acids is 2. The fourth-order valence-corrected chi connectivity index (χ4v) is 3.17. The monoisotopic (exact) mass is 445 g/mol. The van der Waals surface area contributed by atoms with Gasteiger partial charge in [-0.05, 0) is 43.7 Å². The zero-order valence-corrected chi connectivity index (χ0v) is 17.1. The van der Waals surface area contributed by atoms with Crippen LogP contribution in [0.1, 0.15) is 38.5 Å². The van der Waals surface area contributed by atoms with Gasteiger partial charge in [0.1, 0.15) is 17.6 Å². The number of alkyl halides is 3. The standard InChI is InChI=1S/C22H18F3N3O4/c1-13-14(2)28(11-15-6-5-9-31-15)20(17(13)10-26)27-19(29)12-32-21(30)16-7-3-4-8-18(16)22(23,24)25/h3-9H,11-12H2,1-2H3,(H,27,29). The number of furan rings is 1. The van der Waals surface area contributed by atoms with E-state index in [2.05, 4.69) is 5.32 Å². The van der Waals surface area contributed by atoms with Crippen molar-refractivity contribution in [2.45, 2.75) is 26.6 Å². The van der Waals surface area contributed by atoms with Crippen molar-refractivity contribution in [2.24, 2.45) is 0 Å². The lowest BCUT2D eigenvalue weighted by atomic mass is 10.1. The molecule has 3 aromatic rings. The second kappa shape index (κ2) is 9.01. The van der Waals surface area contributed by atoms with Gasteiger partial charge in [-0.2, -0.15) is 18.4 Å². The number of aromatic nitrogens is 1. The third-order valence-electron chi connectivity index (χ3n) is 4.88. The number of nitrogens with one attached hydrogen (secondary N) is 1. The van der Waals surface area contributed by atoms with E-state index in [0.717, 1.165) is 18.2 Å². The molecule has 2 heterocycles. The molecule has 1 aromatic carbocycles. The predicted molar refractivity (Wildman–Crippen MR) is 107 cm³/mol. The van der Waals surface area contributed by atoms with E-state index in [-0.39, 0.29) is 17.9 Å². The first-order valence-corrected chi connectivity index (χ1v) is 9.38. The van der Waals surface area contributed by atoms with Gasteiger partial charge in [0, 0.05) is 5.69 Å². The fourth-order valence-electron chi connectivity index (χ4n) is 3.17. The van der Waals surface area contributed by atoms with E-state index in [4.69, 9.17) is 9.15 Å². The Bertz CT molecular complexity index is 1190. The van der Waals surface area contributed by atoms with E-state index in [1.54, 1.807) is 30.5 Å². The summed E-state index contributed by atoms with van der Waals surface area (Å²) in [4.78, 5) is 24.6. The van der Waals surface area contributed by atoms with Gasteiger partial charge in [-0.3, -0.25) is 4.79 Å². The molecule has 0 aliphatic rings. The first-order chi connectivity index (χ1) is 15.1. The number of nitriles is 1. The Balaban J connectivity index is 1.77. The maximum atomic E-state index is 13.1. The third-order valence-corrected chi connectivity index (χ3v) is 4.88. The lowest BCUT2D eigenvalue weighted by Gasteiger charge is -2.13. The van der Waals surface area contributed by atoms with E-state index < -0.39 is 35.8 Å². The van der Waals surface area contributed by atoms with Gasteiger partial charge < -0.3 is 19.0 Å². The molecule has 0 aliphatic carbocycles. The quantitative estimate of drug-likeness (QED) is 0.566. The number of ether oxygens (including phenoxy) is 1. The number of anilines is 1. The highest BCUT2D eigenvalue weighted by molar-refractivity contribution is 5.96. The Kier molecular flexibility index (Phi) is 6.39. The van der Waals surface area contributed by atoms with Crippen molar-refractivity contribution in [3.05, 3.63) is 76.4 Å². The highest BCUT2D eigenvalue weighted by Crippen LogP contribution is 2.32. The molecule has 2 aromatic heterocycles. The Morgan fingerprint density at radius 3 is 2.53 bits per heavy atom.